The molecule has 0 radical (unpaired) electrons. The van der Waals surface area contributed by atoms with Crippen LogP contribution >= 0.6 is 0 Å². The van der Waals surface area contributed by atoms with E-state index in [0.717, 1.165) is 12.0 Å². The number of rotatable bonds is 7. The standard InChI is InChI=1S/C21H24N2O6/c1-14-8-9-28-17(22-14)11-23-10-16(12-24)19(25)20(18(23)21(26)27-2)29-13-15-6-4-3-5-7-15/h3-7,10,12,14,17,22H,8-9,11,13H2,1-2H3/t14-,17-/m1/s1. The van der Waals surface area contributed by atoms with Crippen molar-refractivity contribution in [2.45, 2.75) is 38.8 Å². The van der Waals surface area contributed by atoms with Gasteiger partial charge in [-0.3, -0.25) is 14.9 Å². The molecule has 2 atom stereocenters. The molecule has 0 saturated carbocycles. The zero-order valence-corrected chi connectivity index (χ0v) is 16.4. The summed E-state index contributed by atoms with van der Waals surface area (Å²) in [5.74, 6) is -0.944. The first-order valence-electron chi connectivity index (χ1n) is 9.38. The zero-order valence-electron chi connectivity index (χ0n) is 16.4. The second kappa shape index (κ2) is 9.49. The van der Waals surface area contributed by atoms with Crippen LogP contribution in [0.25, 0.3) is 0 Å². The number of benzene rings is 1. The lowest BCUT2D eigenvalue weighted by Gasteiger charge is -2.30. The van der Waals surface area contributed by atoms with Gasteiger partial charge in [-0.2, -0.15) is 0 Å². The number of aromatic nitrogens is 1. The van der Waals surface area contributed by atoms with E-state index in [4.69, 9.17) is 14.2 Å². The van der Waals surface area contributed by atoms with Crippen molar-refractivity contribution in [3.05, 3.63) is 63.6 Å². The van der Waals surface area contributed by atoms with Crippen LogP contribution in [0, 0.1) is 0 Å². The summed E-state index contributed by atoms with van der Waals surface area (Å²) in [6, 6.07) is 9.46. The van der Waals surface area contributed by atoms with Gasteiger partial charge in [0.05, 0.1) is 25.8 Å². The van der Waals surface area contributed by atoms with E-state index in [2.05, 4.69) is 5.32 Å². The topological polar surface area (TPSA) is 95.9 Å². The fourth-order valence-electron chi connectivity index (χ4n) is 3.18. The molecule has 2 heterocycles. The Morgan fingerprint density at radius 2 is 2.10 bits per heavy atom. The van der Waals surface area contributed by atoms with Gasteiger partial charge in [0.1, 0.15) is 12.8 Å². The van der Waals surface area contributed by atoms with Crippen molar-refractivity contribution < 1.29 is 23.8 Å². The average Bonchev–Trinajstić information content (AvgIpc) is 2.73. The van der Waals surface area contributed by atoms with Gasteiger partial charge >= 0.3 is 5.97 Å². The Bertz CT molecular complexity index is 925. The minimum absolute atomic E-state index is 0.0531. The van der Waals surface area contributed by atoms with Gasteiger partial charge in [-0.25, -0.2) is 4.79 Å². The van der Waals surface area contributed by atoms with E-state index < -0.39 is 11.4 Å². The van der Waals surface area contributed by atoms with Crippen LogP contribution in [-0.4, -0.2) is 42.8 Å². The normalized spacial score (nSPS) is 18.8. The minimum atomic E-state index is -0.730. The quantitative estimate of drug-likeness (QED) is 0.559. The Morgan fingerprint density at radius 1 is 1.34 bits per heavy atom. The number of methoxy groups -OCH3 is 1. The van der Waals surface area contributed by atoms with Crippen LogP contribution in [0.3, 0.4) is 0 Å². The molecule has 0 spiro atoms. The van der Waals surface area contributed by atoms with E-state index in [-0.39, 0.29) is 42.4 Å². The van der Waals surface area contributed by atoms with Gasteiger partial charge in [0.25, 0.3) is 0 Å². The summed E-state index contributed by atoms with van der Waals surface area (Å²) in [6.45, 7) is 2.88. The lowest BCUT2D eigenvalue weighted by molar-refractivity contribution is -0.0250. The van der Waals surface area contributed by atoms with E-state index in [9.17, 15) is 14.4 Å². The predicted octanol–water partition coefficient (Wildman–Crippen LogP) is 1.75. The monoisotopic (exact) mass is 400 g/mol. The number of carbonyl (C=O) groups excluding carboxylic acids is 2. The third-order valence-electron chi connectivity index (χ3n) is 4.70. The van der Waals surface area contributed by atoms with Crippen LogP contribution in [-0.2, 0) is 22.6 Å². The summed E-state index contributed by atoms with van der Waals surface area (Å²) in [5, 5.41) is 3.28. The van der Waals surface area contributed by atoms with E-state index in [1.807, 2.05) is 37.3 Å². The summed E-state index contributed by atoms with van der Waals surface area (Å²) >= 11 is 0. The first-order chi connectivity index (χ1) is 14.0. The number of esters is 1. The van der Waals surface area contributed by atoms with Crippen LogP contribution in [0.1, 0.15) is 39.8 Å². The van der Waals surface area contributed by atoms with Crippen molar-refractivity contribution in [1.29, 1.82) is 0 Å². The number of nitrogens with zero attached hydrogens (tertiary/aromatic N) is 1. The first kappa shape index (κ1) is 20.8. The average molecular weight is 400 g/mol. The Labute approximate surface area is 168 Å². The van der Waals surface area contributed by atoms with Gasteiger partial charge in [0.15, 0.2) is 17.7 Å². The minimum Gasteiger partial charge on any atom is -0.482 e. The molecule has 0 unspecified atom stereocenters. The lowest BCUT2D eigenvalue weighted by Crippen LogP contribution is -2.46. The fraction of sp³-hybridized carbons (Fsp3) is 0.381. The second-order valence-electron chi connectivity index (χ2n) is 6.84. The molecule has 1 aliphatic rings. The van der Waals surface area contributed by atoms with E-state index >= 15 is 0 Å². The fourth-order valence-corrected chi connectivity index (χ4v) is 3.18. The molecule has 8 nitrogen and oxygen atoms in total. The predicted molar refractivity (Wildman–Crippen MR) is 105 cm³/mol. The largest absolute Gasteiger partial charge is 0.482 e. The molecule has 2 aromatic rings. The third-order valence-corrected chi connectivity index (χ3v) is 4.70. The SMILES string of the molecule is COC(=O)c1c(OCc2ccccc2)c(=O)c(C=O)cn1C[C@@H]1N[C@H](C)CCO1. The molecule has 0 aliphatic carbocycles. The maximum atomic E-state index is 12.7. The van der Waals surface area contributed by atoms with Crippen molar-refractivity contribution in [2.24, 2.45) is 0 Å². The molecule has 1 N–H and O–H groups in total. The van der Waals surface area contributed by atoms with Crippen molar-refractivity contribution in [1.82, 2.24) is 9.88 Å². The van der Waals surface area contributed by atoms with Gasteiger partial charge in [0.2, 0.25) is 5.43 Å². The number of hydrogen-bond donors (Lipinski definition) is 1. The van der Waals surface area contributed by atoms with Crippen molar-refractivity contribution in [2.75, 3.05) is 13.7 Å². The highest BCUT2D eigenvalue weighted by Gasteiger charge is 2.27. The molecule has 1 aliphatic heterocycles. The van der Waals surface area contributed by atoms with Gasteiger partial charge in [-0.15, -0.1) is 0 Å². The Hall–Kier alpha value is -2.97. The molecule has 1 saturated heterocycles. The Balaban J connectivity index is 2.00. The molecule has 3 rings (SSSR count). The molecule has 0 amide bonds. The van der Waals surface area contributed by atoms with E-state index in [1.165, 1.54) is 17.9 Å². The number of ether oxygens (including phenoxy) is 3. The van der Waals surface area contributed by atoms with Crippen LogP contribution in [0.5, 0.6) is 5.75 Å². The first-order valence-corrected chi connectivity index (χ1v) is 9.38. The smallest absolute Gasteiger partial charge is 0.358 e. The van der Waals surface area contributed by atoms with Gasteiger partial charge in [0, 0.05) is 12.2 Å². The van der Waals surface area contributed by atoms with Gasteiger partial charge < -0.3 is 18.8 Å². The number of pyridine rings is 1. The molecular formula is C21H24N2O6. The second-order valence-corrected chi connectivity index (χ2v) is 6.84. The Kier molecular flexibility index (Phi) is 6.79. The van der Waals surface area contributed by atoms with Gasteiger partial charge in [-0.1, -0.05) is 30.3 Å². The molecule has 0 bridgehead atoms. The summed E-state index contributed by atoms with van der Waals surface area (Å²) in [7, 11) is 1.23. The lowest BCUT2D eigenvalue weighted by atomic mass is 10.2. The third kappa shape index (κ3) is 4.90. The molecule has 154 valence electrons. The number of hydrogen-bond acceptors (Lipinski definition) is 7. The summed E-state index contributed by atoms with van der Waals surface area (Å²) in [6.07, 6.45) is 2.27. The molecule has 1 fully saturated rings. The molecule has 29 heavy (non-hydrogen) atoms. The Morgan fingerprint density at radius 3 is 2.76 bits per heavy atom. The highest BCUT2D eigenvalue weighted by atomic mass is 16.5. The molecule has 1 aromatic heterocycles. The highest BCUT2D eigenvalue weighted by molar-refractivity contribution is 5.91. The summed E-state index contributed by atoms with van der Waals surface area (Å²) in [5.41, 5.74) is 0.00239. The van der Waals surface area contributed by atoms with Crippen molar-refractivity contribution in [3.63, 3.8) is 0 Å². The van der Waals surface area contributed by atoms with Crippen LogP contribution < -0.4 is 15.5 Å². The number of aldehydes is 1. The number of nitrogens with one attached hydrogen (secondary N) is 1. The maximum Gasteiger partial charge on any atom is 0.358 e. The molecule has 8 heteroatoms. The summed E-state index contributed by atoms with van der Waals surface area (Å²) in [4.78, 5) is 36.7. The van der Waals surface area contributed by atoms with Gasteiger partial charge in [-0.05, 0) is 18.9 Å². The maximum absolute atomic E-state index is 12.7. The highest BCUT2D eigenvalue weighted by Crippen LogP contribution is 2.19. The molecular weight excluding hydrogens is 376 g/mol. The number of carbonyl (C=O) groups is 2. The van der Waals surface area contributed by atoms with Crippen LogP contribution in [0.4, 0.5) is 0 Å². The van der Waals surface area contributed by atoms with Crippen molar-refractivity contribution >= 4 is 12.3 Å². The van der Waals surface area contributed by atoms with Crippen LogP contribution in [0.2, 0.25) is 0 Å². The molecule has 1 aromatic carbocycles. The van der Waals surface area contributed by atoms with E-state index in [1.54, 1.807) is 0 Å². The zero-order chi connectivity index (χ0) is 20.8. The van der Waals surface area contributed by atoms with E-state index in [0.29, 0.717) is 12.9 Å². The van der Waals surface area contributed by atoms with Crippen molar-refractivity contribution in [3.8, 4) is 5.75 Å². The summed E-state index contributed by atoms with van der Waals surface area (Å²) < 4.78 is 17.8. The van der Waals surface area contributed by atoms with Crippen LogP contribution in [0.15, 0.2) is 41.3 Å².